The van der Waals surface area contributed by atoms with E-state index in [9.17, 15) is 0 Å². The van der Waals surface area contributed by atoms with E-state index in [1.807, 2.05) is 11.8 Å². The number of thioether (sulfide) groups is 1. The van der Waals surface area contributed by atoms with Gasteiger partial charge in [-0.05, 0) is 19.1 Å². The SMILES string of the molecule is CCc1nn(CCSC)c(CC)c1CNCCOC. The Morgan fingerprint density at radius 3 is 2.68 bits per heavy atom. The Labute approximate surface area is 121 Å². The molecule has 19 heavy (non-hydrogen) atoms. The highest BCUT2D eigenvalue weighted by molar-refractivity contribution is 7.98. The molecule has 1 aromatic heterocycles. The van der Waals surface area contributed by atoms with Crippen molar-refractivity contribution in [3.63, 3.8) is 0 Å². The molecule has 0 saturated heterocycles. The number of hydrogen-bond donors (Lipinski definition) is 1. The molecule has 4 nitrogen and oxygen atoms in total. The van der Waals surface area contributed by atoms with Crippen LogP contribution in [0.3, 0.4) is 0 Å². The maximum Gasteiger partial charge on any atom is 0.0669 e. The molecule has 0 saturated carbocycles. The molecule has 0 fully saturated rings. The third-order valence-electron chi connectivity index (χ3n) is 3.21. The lowest BCUT2D eigenvalue weighted by molar-refractivity contribution is 0.199. The molecule has 0 atom stereocenters. The summed E-state index contributed by atoms with van der Waals surface area (Å²) in [6, 6.07) is 0. The number of hydrogen-bond acceptors (Lipinski definition) is 4. The third kappa shape index (κ3) is 4.82. The Balaban J connectivity index is 2.77. The second-order valence-corrected chi connectivity index (χ2v) is 5.45. The van der Waals surface area contributed by atoms with E-state index in [1.54, 1.807) is 7.11 Å². The van der Waals surface area contributed by atoms with Crippen molar-refractivity contribution in [2.45, 2.75) is 39.8 Å². The van der Waals surface area contributed by atoms with Gasteiger partial charge < -0.3 is 10.1 Å². The standard InChI is InChI=1S/C14H27N3OS/c1-5-13-12(11-15-7-9-18-3)14(6-2)17(16-13)8-10-19-4/h15H,5-11H2,1-4H3. The zero-order valence-electron chi connectivity index (χ0n) is 12.7. The largest absolute Gasteiger partial charge is 0.383 e. The monoisotopic (exact) mass is 285 g/mol. The maximum atomic E-state index is 5.07. The zero-order valence-corrected chi connectivity index (χ0v) is 13.5. The summed E-state index contributed by atoms with van der Waals surface area (Å²) in [6.07, 6.45) is 4.19. The number of nitrogens with zero attached hydrogens (tertiary/aromatic N) is 2. The first kappa shape index (κ1) is 16.5. The number of aromatic nitrogens is 2. The van der Waals surface area contributed by atoms with Crippen LogP contribution in [0.25, 0.3) is 0 Å². The summed E-state index contributed by atoms with van der Waals surface area (Å²) < 4.78 is 7.26. The predicted molar refractivity (Wildman–Crippen MR) is 82.9 cm³/mol. The van der Waals surface area contributed by atoms with E-state index in [2.05, 4.69) is 30.1 Å². The normalized spacial score (nSPS) is 11.2. The minimum atomic E-state index is 0.754. The molecule has 0 aromatic carbocycles. The van der Waals surface area contributed by atoms with Crippen LogP contribution in [-0.4, -0.2) is 42.1 Å². The Hall–Kier alpha value is -0.520. The molecule has 1 aromatic rings. The Morgan fingerprint density at radius 2 is 2.11 bits per heavy atom. The molecule has 0 radical (unpaired) electrons. The van der Waals surface area contributed by atoms with Crippen molar-refractivity contribution in [3.8, 4) is 0 Å². The molecule has 0 bridgehead atoms. The van der Waals surface area contributed by atoms with E-state index in [0.717, 1.165) is 44.8 Å². The van der Waals surface area contributed by atoms with Crippen LogP contribution >= 0.6 is 11.8 Å². The molecule has 0 aliphatic heterocycles. The zero-order chi connectivity index (χ0) is 14.1. The molecule has 0 spiro atoms. The fourth-order valence-corrected chi connectivity index (χ4v) is 2.58. The van der Waals surface area contributed by atoms with Gasteiger partial charge in [0.1, 0.15) is 0 Å². The van der Waals surface area contributed by atoms with Crippen LogP contribution in [0.15, 0.2) is 0 Å². The van der Waals surface area contributed by atoms with Gasteiger partial charge in [-0.25, -0.2) is 0 Å². The summed E-state index contributed by atoms with van der Waals surface area (Å²) in [5.74, 6) is 1.12. The average Bonchev–Trinajstić information content (AvgIpc) is 2.78. The van der Waals surface area contributed by atoms with E-state index < -0.39 is 0 Å². The molecule has 0 unspecified atom stereocenters. The van der Waals surface area contributed by atoms with E-state index in [1.165, 1.54) is 17.0 Å². The van der Waals surface area contributed by atoms with Crippen LogP contribution in [0.4, 0.5) is 0 Å². The summed E-state index contributed by atoms with van der Waals surface area (Å²) in [6.45, 7) is 7.94. The van der Waals surface area contributed by atoms with E-state index in [0.29, 0.717) is 0 Å². The minimum Gasteiger partial charge on any atom is -0.383 e. The minimum absolute atomic E-state index is 0.754. The van der Waals surface area contributed by atoms with Gasteiger partial charge in [0.25, 0.3) is 0 Å². The van der Waals surface area contributed by atoms with E-state index in [4.69, 9.17) is 9.84 Å². The van der Waals surface area contributed by atoms with Crippen LogP contribution < -0.4 is 5.32 Å². The fraction of sp³-hybridized carbons (Fsp3) is 0.786. The van der Waals surface area contributed by atoms with Gasteiger partial charge in [0.2, 0.25) is 0 Å². The summed E-state index contributed by atoms with van der Waals surface area (Å²) in [4.78, 5) is 0. The number of methoxy groups -OCH3 is 1. The van der Waals surface area contributed by atoms with Crippen molar-refractivity contribution >= 4 is 11.8 Å². The number of aryl methyl sites for hydroxylation is 2. The van der Waals surface area contributed by atoms with E-state index >= 15 is 0 Å². The van der Waals surface area contributed by atoms with Crippen molar-refractivity contribution in [2.24, 2.45) is 0 Å². The van der Waals surface area contributed by atoms with Gasteiger partial charge in [-0.2, -0.15) is 16.9 Å². The summed E-state index contributed by atoms with van der Waals surface area (Å²) >= 11 is 1.87. The summed E-state index contributed by atoms with van der Waals surface area (Å²) in [5, 5.41) is 8.21. The highest BCUT2D eigenvalue weighted by Crippen LogP contribution is 2.16. The van der Waals surface area contributed by atoms with Gasteiger partial charge in [-0.1, -0.05) is 13.8 Å². The smallest absolute Gasteiger partial charge is 0.0669 e. The topological polar surface area (TPSA) is 39.1 Å². The molecule has 1 N–H and O–H groups in total. The van der Waals surface area contributed by atoms with Gasteiger partial charge in [-0.3, -0.25) is 4.68 Å². The first-order valence-corrected chi connectivity index (χ1v) is 8.43. The van der Waals surface area contributed by atoms with Crippen molar-refractivity contribution in [3.05, 3.63) is 17.0 Å². The lowest BCUT2D eigenvalue weighted by atomic mass is 10.1. The fourth-order valence-electron chi connectivity index (χ4n) is 2.22. The second-order valence-electron chi connectivity index (χ2n) is 4.46. The van der Waals surface area contributed by atoms with Crippen molar-refractivity contribution in [1.29, 1.82) is 0 Å². The molecule has 1 heterocycles. The molecule has 0 aliphatic carbocycles. The lowest BCUT2D eigenvalue weighted by Gasteiger charge is -2.08. The van der Waals surface area contributed by atoms with Gasteiger partial charge in [0, 0.05) is 37.2 Å². The predicted octanol–water partition coefficient (Wildman–Crippen LogP) is 2.11. The van der Waals surface area contributed by atoms with Gasteiger partial charge in [0.15, 0.2) is 0 Å². The molecule has 0 aliphatic rings. The van der Waals surface area contributed by atoms with Gasteiger partial charge >= 0.3 is 0 Å². The first-order chi connectivity index (χ1) is 9.28. The Kier molecular flexibility index (Phi) is 8.18. The molecule has 1 rings (SSSR count). The number of rotatable bonds is 10. The molecular weight excluding hydrogens is 258 g/mol. The third-order valence-corrected chi connectivity index (χ3v) is 3.80. The molecule has 0 amide bonds. The lowest BCUT2D eigenvalue weighted by Crippen LogP contribution is -2.20. The molecule has 110 valence electrons. The summed E-state index contributed by atoms with van der Waals surface area (Å²) in [7, 11) is 1.73. The maximum absolute atomic E-state index is 5.07. The van der Waals surface area contributed by atoms with Crippen molar-refractivity contribution in [1.82, 2.24) is 15.1 Å². The Bertz CT molecular complexity index is 366. The Morgan fingerprint density at radius 1 is 1.32 bits per heavy atom. The second kappa shape index (κ2) is 9.39. The van der Waals surface area contributed by atoms with E-state index in [-0.39, 0.29) is 0 Å². The molecular formula is C14H27N3OS. The van der Waals surface area contributed by atoms with Gasteiger partial charge in [-0.15, -0.1) is 0 Å². The van der Waals surface area contributed by atoms with Gasteiger partial charge in [0.05, 0.1) is 18.8 Å². The number of nitrogens with one attached hydrogen (secondary N) is 1. The van der Waals surface area contributed by atoms with Crippen LogP contribution in [0.5, 0.6) is 0 Å². The number of ether oxygens (including phenoxy) is 1. The van der Waals surface area contributed by atoms with Crippen molar-refractivity contribution < 1.29 is 4.74 Å². The highest BCUT2D eigenvalue weighted by atomic mass is 32.2. The van der Waals surface area contributed by atoms with Crippen LogP contribution in [0.2, 0.25) is 0 Å². The first-order valence-electron chi connectivity index (χ1n) is 7.04. The van der Waals surface area contributed by atoms with Crippen LogP contribution in [0.1, 0.15) is 30.8 Å². The summed E-state index contributed by atoms with van der Waals surface area (Å²) in [5.41, 5.74) is 4.01. The quantitative estimate of drug-likeness (QED) is 0.668. The van der Waals surface area contributed by atoms with Crippen LogP contribution in [-0.2, 0) is 30.7 Å². The average molecular weight is 285 g/mol. The highest BCUT2D eigenvalue weighted by Gasteiger charge is 2.14. The van der Waals surface area contributed by atoms with Crippen molar-refractivity contribution in [2.75, 3.05) is 32.3 Å². The van der Waals surface area contributed by atoms with Crippen LogP contribution in [0, 0.1) is 0 Å². The molecule has 5 heteroatoms.